The summed E-state index contributed by atoms with van der Waals surface area (Å²) in [6, 6.07) is 0. The van der Waals surface area contributed by atoms with Crippen LogP contribution in [0.5, 0.6) is 0 Å². The number of ether oxygens (including phenoxy) is 2. The molecule has 0 radical (unpaired) electrons. The quantitative estimate of drug-likeness (QED) is 0.0264. The molecule has 0 fully saturated rings. The van der Waals surface area contributed by atoms with Gasteiger partial charge in [-0.25, -0.2) is 4.57 Å². The first kappa shape index (κ1) is 90.1. The molecule has 0 aliphatic rings. The maximum Gasteiger partial charge on any atom is 0.472 e. The molecule has 0 saturated heterocycles. The minimum atomic E-state index is -4.41. The molecule has 95 heavy (non-hydrogen) atoms. The SMILES string of the molecule is CC/C=C\C/C=C\C/C=C\C/C=C\C/C=C\C/C=C\C/C=C\C/C=C\C/C=C\C/C=C\CCCCCCCCCCCCC(=O)OC(COC(=O)CCCCCCCCCCCCCCCCCCC/C=C\C/C=C\C/C=C\C/C=C\C/C=C\CC)COP(=O)(O)OCCN. The average molecular weight is 1340 g/mol. The van der Waals surface area contributed by atoms with Gasteiger partial charge in [0.05, 0.1) is 13.2 Å². The molecule has 538 valence electrons. The Bertz CT molecular complexity index is 2220. The van der Waals surface area contributed by atoms with Crippen molar-refractivity contribution in [2.75, 3.05) is 26.4 Å². The van der Waals surface area contributed by atoms with Gasteiger partial charge < -0.3 is 20.1 Å². The smallest absolute Gasteiger partial charge is 0.462 e. The van der Waals surface area contributed by atoms with E-state index in [0.29, 0.717) is 6.42 Å². The summed E-state index contributed by atoms with van der Waals surface area (Å²) in [4.78, 5) is 35.4. The first-order chi connectivity index (χ1) is 46.8. The van der Waals surface area contributed by atoms with Gasteiger partial charge in [0.15, 0.2) is 6.10 Å². The Morgan fingerprint density at radius 1 is 0.316 bits per heavy atom. The molecule has 10 heteroatoms. The lowest BCUT2D eigenvalue weighted by atomic mass is 10.0. The van der Waals surface area contributed by atoms with Gasteiger partial charge in [-0.2, -0.15) is 0 Å². The van der Waals surface area contributed by atoms with Crippen LogP contribution >= 0.6 is 7.82 Å². The van der Waals surface area contributed by atoms with Crippen molar-refractivity contribution in [2.24, 2.45) is 5.73 Å². The second-order valence-electron chi connectivity index (χ2n) is 24.8. The number of hydrogen-bond acceptors (Lipinski definition) is 8. The van der Waals surface area contributed by atoms with Crippen LogP contribution in [0.1, 0.15) is 309 Å². The summed E-state index contributed by atoms with van der Waals surface area (Å²) in [5.74, 6) is -0.834. The molecule has 0 aromatic rings. The van der Waals surface area contributed by atoms with Gasteiger partial charge in [0.2, 0.25) is 0 Å². The number of phosphoric acid groups is 1. The van der Waals surface area contributed by atoms with E-state index in [1.165, 1.54) is 135 Å². The topological polar surface area (TPSA) is 134 Å². The Kier molecular flexibility index (Phi) is 74.1. The molecular formula is C85H140NO8P. The van der Waals surface area contributed by atoms with Crippen molar-refractivity contribution in [1.29, 1.82) is 0 Å². The summed E-state index contributed by atoms with van der Waals surface area (Å²) < 4.78 is 33.2. The molecule has 0 aromatic heterocycles. The summed E-state index contributed by atoms with van der Waals surface area (Å²) in [5, 5.41) is 0. The molecule has 0 aliphatic carbocycles. The standard InChI is InChI=1S/C85H140NO8P/c1-3-5-7-9-11-13-15-17-19-21-23-25-27-29-31-33-35-37-38-39-40-41-42-43-44-46-48-50-52-54-56-58-60-62-64-66-68-70-72-74-76-78-85(88)94-83(82-93-95(89,90)92-80-79-86)81-91-84(87)77-75-73-71-69-67-65-63-61-59-57-55-53-51-49-47-45-36-34-32-30-28-26-24-22-20-18-16-14-12-10-8-6-4-2/h5-8,11-14,17-20,23-26,29-32,35,37,39-40,42-43,46,48,52,54,83H,3-4,9-10,15-16,21-22,27-28,33-34,36,38,41,44-45,47,49-51,53,55-82,86H2,1-2H3,(H,89,90)/b7-5-,8-6-,13-11-,14-12-,19-17-,20-18-,25-23-,26-24-,31-29-,32-30-,37-35-,40-39-,43-42-,48-46-,54-52-. The monoisotopic (exact) mass is 1330 g/mol. The number of esters is 2. The van der Waals surface area contributed by atoms with Gasteiger partial charge in [0, 0.05) is 19.4 Å². The van der Waals surface area contributed by atoms with Crippen molar-refractivity contribution >= 4 is 19.8 Å². The summed E-state index contributed by atoms with van der Waals surface area (Å²) in [6.45, 7) is 3.52. The second-order valence-corrected chi connectivity index (χ2v) is 26.2. The summed E-state index contributed by atoms with van der Waals surface area (Å²) in [7, 11) is -4.41. The van der Waals surface area contributed by atoms with E-state index in [1.807, 2.05) is 0 Å². The third kappa shape index (κ3) is 78.0. The zero-order chi connectivity index (χ0) is 68.6. The Morgan fingerprint density at radius 2 is 0.547 bits per heavy atom. The molecular weight excluding hydrogens is 1190 g/mol. The lowest BCUT2D eigenvalue weighted by molar-refractivity contribution is -0.161. The first-order valence-corrected chi connectivity index (χ1v) is 39.8. The van der Waals surface area contributed by atoms with Crippen LogP contribution in [0.2, 0.25) is 0 Å². The van der Waals surface area contributed by atoms with Crippen molar-refractivity contribution in [3.05, 3.63) is 182 Å². The molecule has 0 amide bonds. The molecule has 0 aliphatic heterocycles. The van der Waals surface area contributed by atoms with E-state index in [4.69, 9.17) is 24.3 Å². The van der Waals surface area contributed by atoms with Crippen LogP contribution in [0.25, 0.3) is 0 Å². The summed E-state index contributed by atoms with van der Waals surface area (Å²) in [5.41, 5.74) is 5.41. The van der Waals surface area contributed by atoms with Crippen molar-refractivity contribution < 1.29 is 37.6 Å². The lowest BCUT2D eigenvalue weighted by Crippen LogP contribution is -2.29. The molecule has 9 nitrogen and oxygen atoms in total. The number of carbonyl (C=O) groups excluding carboxylic acids is 2. The van der Waals surface area contributed by atoms with Gasteiger partial charge in [0.25, 0.3) is 0 Å². The zero-order valence-electron chi connectivity index (χ0n) is 60.6. The average Bonchev–Trinajstić information content (AvgIpc) is 2.75. The summed E-state index contributed by atoms with van der Waals surface area (Å²) >= 11 is 0. The molecule has 0 bridgehead atoms. The van der Waals surface area contributed by atoms with Crippen molar-refractivity contribution in [2.45, 2.75) is 315 Å². The Morgan fingerprint density at radius 3 is 0.811 bits per heavy atom. The number of phosphoric ester groups is 1. The molecule has 2 atom stereocenters. The van der Waals surface area contributed by atoms with Crippen molar-refractivity contribution in [1.82, 2.24) is 0 Å². The van der Waals surface area contributed by atoms with E-state index in [-0.39, 0.29) is 38.6 Å². The number of allylic oxidation sites excluding steroid dienone is 30. The lowest BCUT2D eigenvalue weighted by Gasteiger charge is -2.19. The van der Waals surface area contributed by atoms with E-state index in [2.05, 4.69) is 196 Å². The van der Waals surface area contributed by atoms with Gasteiger partial charge in [-0.1, -0.05) is 344 Å². The maximum atomic E-state index is 12.8. The van der Waals surface area contributed by atoms with Crippen LogP contribution in [-0.4, -0.2) is 49.3 Å². The highest BCUT2D eigenvalue weighted by atomic mass is 31.2. The number of hydrogen-bond donors (Lipinski definition) is 2. The van der Waals surface area contributed by atoms with E-state index in [0.717, 1.165) is 141 Å². The maximum absolute atomic E-state index is 12.8. The normalized spacial score (nSPS) is 13.9. The fraction of sp³-hybridized carbons (Fsp3) is 0.624. The highest BCUT2D eigenvalue weighted by Crippen LogP contribution is 2.43. The minimum absolute atomic E-state index is 0.0458. The largest absolute Gasteiger partial charge is 0.472 e. The zero-order valence-corrected chi connectivity index (χ0v) is 61.5. The van der Waals surface area contributed by atoms with Gasteiger partial charge in [0.1, 0.15) is 6.61 Å². The number of rotatable bonds is 70. The number of carbonyl (C=O) groups is 2. The Hall–Kier alpha value is -4.89. The fourth-order valence-electron chi connectivity index (χ4n) is 10.2. The van der Waals surface area contributed by atoms with Crippen LogP contribution in [0.3, 0.4) is 0 Å². The van der Waals surface area contributed by atoms with Crippen LogP contribution in [0, 0.1) is 0 Å². The van der Waals surface area contributed by atoms with Crippen LogP contribution < -0.4 is 5.73 Å². The molecule has 3 N–H and O–H groups in total. The van der Waals surface area contributed by atoms with E-state index < -0.39 is 26.5 Å². The Balaban J connectivity index is 3.91. The highest BCUT2D eigenvalue weighted by Gasteiger charge is 2.26. The molecule has 0 rings (SSSR count). The van der Waals surface area contributed by atoms with Crippen LogP contribution in [0.4, 0.5) is 0 Å². The number of nitrogens with two attached hydrogens (primary N) is 1. The first-order valence-electron chi connectivity index (χ1n) is 38.3. The highest BCUT2D eigenvalue weighted by molar-refractivity contribution is 7.47. The predicted molar refractivity (Wildman–Crippen MR) is 412 cm³/mol. The van der Waals surface area contributed by atoms with Crippen molar-refractivity contribution in [3.8, 4) is 0 Å². The van der Waals surface area contributed by atoms with Gasteiger partial charge >= 0.3 is 19.8 Å². The molecule has 0 heterocycles. The minimum Gasteiger partial charge on any atom is -0.462 e. The van der Waals surface area contributed by atoms with E-state index >= 15 is 0 Å². The molecule has 2 unspecified atom stereocenters. The van der Waals surface area contributed by atoms with Gasteiger partial charge in [-0.3, -0.25) is 18.6 Å². The second kappa shape index (κ2) is 78.1. The van der Waals surface area contributed by atoms with E-state index in [1.54, 1.807) is 0 Å². The predicted octanol–water partition coefficient (Wildman–Crippen LogP) is 25.9. The molecule has 0 aromatic carbocycles. The molecule has 0 spiro atoms. The number of unbranched alkanes of at least 4 members (excludes halogenated alkanes) is 27. The van der Waals surface area contributed by atoms with Gasteiger partial charge in [-0.15, -0.1) is 0 Å². The third-order valence-electron chi connectivity index (χ3n) is 15.8. The van der Waals surface area contributed by atoms with E-state index in [9.17, 15) is 19.0 Å². The third-order valence-corrected chi connectivity index (χ3v) is 16.8. The summed E-state index contributed by atoms with van der Waals surface area (Å²) in [6.07, 6.45) is 117. The molecule has 0 saturated carbocycles. The van der Waals surface area contributed by atoms with Crippen LogP contribution in [0.15, 0.2) is 182 Å². The van der Waals surface area contributed by atoms with Crippen LogP contribution in [-0.2, 0) is 32.7 Å². The fourth-order valence-corrected chi connectivity index (χ4v) is 11.0. The Labute approximate surface area is 584 Å². The van der Waals surface area contributed by atoms with Crippen molar-refractivity contribution in [3.63, 3.8) is 0 Å². The van der Waals surface area contributed by atoms with Gasteiger partial charge in [-0.05, 0) is 135 Å².